The van der Waals surface area contributed by atoms with Crippen LogP contribution in [0.3, 0.4) is 0 Å². The summed E-state index contributed by atoms with van der Waals surface area (Å²) in [5, 5.41) is 28.8. The highest BCUT2D eigenvalue weighted by molar-refractivity contribution is 4.88. The molecule has 1 saturated heterocycles. The Kier molecular flexibility index (Phi) is 17.7. The van der Waals surface area contributed by atoms with Gasteiger partial charge in [-0.05, 0) is 32.1 Å². The molecule has 0 aliphatic carbocycles. The normalized spacial score (nSPS) is 22.9. The first-order valence-electron chi connectivity index (χ1n) is 12.6. The molecule has 1 fully saturated rings. The molecule has 3 N–H and O–H groups in total. The number of allylic oxidation sites excluding steroid dienone is 2. The van der Waals surface area contributed by atoms with E-state index >= 15 is 0 Å². The fraction of sp³-hybridized carbons (Fsp3) is 0.920. The molecule has 0 radical (unpaired) electrons. The van der Waals surface area contributed by atoms with E-state index in [0.717, 1.165) is 12.8 Å². The molecule has 4 atom stereocenters. The third-order valence-corrected chi connectivity index (χ3v) is 5.97. The van der Waals surface area contributed by atoms with E-state index in [1.54, 1.807) is 0 Å². The fourth-order valence-corrected chi connectivity index (χ4v) is 3.97. The maximum atomic E-state index is 9.84. The third-order valence-electron chi connectivity index (χ3n) is 5.97. The van der Waals surface area contributed by atoms with Crippen molar-refractivity contribution in [1.29, 1.82) is 0 Å². The van der Waals surface area contributed by atoms with E-state index in [2.05, 4.69) is 19.1 Å². The lowest BCUT2D eigenvalue weighted by atomic mass is 10.1. The van der Waals surface area contributed by atoms with Crippen molar-refractivity contribution in [2.45, 2.75) is 128 Å². The van der Waals surface area contributed by atoms with Gasteiger partial charge in [0.2, 0.25) is 0 Å². The number of unbranched alkanes of at least 4 members (excludes halogenated alkanes) is 13. The largest absolute Gasteiger partial charge is 0.394 e. The van der Waals surface area contributed by atoms with Crippen molar-refractivity contribution in [3.05, 3.63) is 12.2 Å². The molecule has 0 unspecified atom stereocenters. The number of aliphatic hydroxyl groups is 3. The van der Waals surface area contributed by atoms with Crippen LogP contribution in [0.15, 0.2) is 12.2 Å². The summed E-state index contributed by atoms with van der Waals surface area (Å²) in [7, 11) is 0. The minimum atomic E-state index is -0.981. The summed E-state index contributed by atoms with van der Waals surface area (Å²) < 4.78 is 11.0. The molecule has 0 aromatic rings. The Hall–Kier alpha value is -0.460. The van der Waals surface area contributed by atoms with E-state index in [0.29, 0.717) is 6.61 Å². The molecule has 0 spiro atoms. The second-order valence-electron chi connectivity index (χ2n) is 8.74. The Labute approximate surface area is 184 Å². The van der Waals surface area contributed by atoms with Gasteiger partial charge in [-0.3, -0.25) is 0 Å². The van der Waals surface area contributed by atoms with Gasteiger partial charge in [-0.1, -0.05) is 83.3 Å². The van der Waals surface area contributed by atoms with E-state index in [1.807, 2.05) is 0 Å². The van der Waals surface area contributed by atoms with E-state index in [9.17, 15) is 15.3 Å². The molecule has 0 bridgehead atoms. The van der Waals surface area contributed by atoms with Crippen LogP contribution in [0.4, 0.5) is 0 Å². The van der Waals surface area contributed by atoms with Crippen LogP contribution in [0.25, 0.3) is 0 Å². The van der Waals surface area contributed by atoms with Crippen LogP contribution < -0.4 is 0 Å². The average molecular weight is 429 g/mol. The van der Waals surface area contributed by atoms with Crippen molar-refractivity contribution in [2.24, 2.45) is 0 Å². The maximum Gasteiger partial charge on any atom is 0.114 e. The molecule has 30 heavy (non-hydrogen) atoms. The number of hydrogen-bond acceptors (Lipinski definition) is 5. The van der Waals surface area contributed by atoms with Crippen LogP contribution in [-0.4, -0.2) is 59.6 Å². The molecule has 1 heterocycles. The summed E-state index contributed by atoms with van der Waals surface area (Å²) in [6.07, 6.45) is 20.8. The molecular weight excluding hydrogens is 380 g/mol. The predicted octanol–water partition coefficient (Wildman–Crippen LogP) is 4.91. The van der Waals surface area contributed by atoms with Gasteiger partial charge in [-0.25, -0.2) is 0 Å². The van der Waals surface area contributed by atoms with Crippen LogP contribution >= 0.6 is 0 Å². The minimum Gasteiger partial charge on any atom is -0.394 e. The molecule has 1 aliphatic rings. The average Bonchev–Trinajstić information content (AvgIpc) is 3.08. The van der Waals surface area contributed by atoms with Gasteiger partial charge in [0.25, 0.3) is 0 Å². The molecule has 1 aliphatic heterocycles. The zero-order valence-corrected chi connectivity index (χ0v) is 19.4. The highest BCUT2D eigenvalue weighted by Crippen LogP contribution is 2.20. The zero-order valence-electron chi connectivity index (χ0n) is 19.4. The van der Waals surface area contributed by atoms with Crippen molar-refractivity contribution in [3.63, 3.8) is 0 Å². The zero-order chi connectivity index (χ0) is 21.9. The molecule has 0 aromatic heterocycles. The standard InChI is InChI=1S/C25H48O5/c1-2-3-4-5-6-7-8-9-10-11-12-13-14-15-16-17-18-19-29-23(20-26)25-24(28)22(27)21-30-25/h11-12,22-28H,2-10,13-21H2,1H3/b12-11+/t22-,23+,24-,25-/m0/s1. The van der Waals surface area contributed by atoms with Crippen molar-refractivity contribution in [3.8, 4) is 0 Å². The number of hydrogen-bond donors (Lipinski definition) is 3. The lowest BCUT2D eigenvalue weighted by Crippen LogP contribution is -2.42. The van der Waals surface area contributed by atoms with Gasteiger partial charge >= 0.3 is 0 Å². The van der Waals surface area contributed by atoms with Crippen molar-refractivity contribution >= 4 is 0 Å². The number of rotatable bonds is 20. The monoisotopic (exact) mass is 428 g/mol. The van der Waals surface area contributed by atoms with Gasteiger partial charge < -0.3 is 24.8 Å². The van der Waals surface area contributed by atoms with E-state index in [1.165, 1.54) is 83.5 Å². The molecule has 0 saturated carbocycles. The fourth-order valence-electron chi connectivity index (χ4n) is 3.97. The van der Waals surface area contributed by atoms with Gasteiger partial charge in [0.05, 0.1) is 13.2 Å². The van der Waals surface area contributed by atoms with Gasteiger partial charge in [0.1, 0.15) is 24.4 Å². The van der Waals surface area contributed by atoms with Crippen molar-refractivity contribution < 1.29 is 24.8 Å². The van der Waals surface area contributed by atoms with E-state index in [-0.39, 0.29) is 13.2 Å². The molecule has 5 heteroatoms. The third kappa shape index (κ3) is 13.1. The minimum absolute atomic E-state index is 0.0965. The van der Waals surface area contributed by atoms with E-state index < -0.39 is 24.4 Å². The highest BCUT2D eigenvalue weighted by atomic mass is 16.6. The Morgan fingerprint density at radius 3 is 1.87 bits per heavy atom. The quantitative estimate of drug-likeness (QED) is 0.190. The second kappa shape index (κ2) is 19.2. The molecule has 0 aromatic carbocycles. The SMILES string of the molecule is CCCCCCCCCC/C=C/CCCCCCCO[C@H](CO)[C@@H]1OC[C@H](O)[C@@H]1O. The van der Waals surface area contributed by atoms with E-state index in [4.69, 9.17) is 9.47 Å². The highest BCUT2D eigenvalue weighted by Gasteiger charge is 2.40. The van der Waals surface area contributed by atoms with Gasteiger partial charge in [0, 0.05) is 6.61 Å². The Morgan fingerprint density at radius 1 is 0.833 bits per heavy atom. The summed E-state index contributed by atoms with van der Waals surface area (Å²) in [5.74, 6) is 0. The van der Waals surface area contributed by atoms with Crippen molar-refractivity contribution in [1.82, 2.24) is 0 Å². The summed E-state index contributed by atoms with van der Waals surface area (Å²) in [6, 6.07) is 0. The Bertz CT molecular complexity index is 401. The van der Waals surface area contributed by atoms with Gasteiger partial charge in [-0.15, -0.1) is 0 Å². The molecule has 1 rings (SSSR count). The topological polar surface area (TPSA) is 79.2 Å². The maximum absolute atomic E-state index is 9.84. The second-order valence-corrected chi connectivity index (χ2v) is 8.74. The van der Waals surface area contributed by atoms with Gasteiger partial charge in [-0.2, -0.15) is 0 Å². The Morgan fingerprint density at radius 2 is 1.37 bits per heavy atom. The summed E-state index contributed by atoms with van der Waals surface area (Å²) >= 11 is 0. The Balaban J connectivity index is 1.84. The first-order chi connectivity index (χ1) is 14.7. The van der Waals surface area contributed by atoms with Crippen LogP contribution in [0.5, 0.6) is 0 Å². The number of aliphatic hydroxyl groups excluding tert-OH is 3. The summed E-state index contributed by atoms with van der Waals surface area (Å²) in [6.45, 7) is 2.70. The van der Waals surface area contributed by atoms with Crippen molar-refractivity contribution in [2.75, 3.05) is 19.8 Å². The lowest BCUT2D eigenvalue weighted by Gasteiger charge is -2.24. The smallest absolute Gasteiger partial charge is 0.114 e. The first-order valence-corrected chi connectivity index (χ1v) is 12.6. The van der Waals surface area contributed by atoms with Crippen LogP contribution in [-0.2, 0) is 9.47 Å². The van der Waals surface area contributed by atoms with Gasteiger partial charge in [0.15, 0.2) is 0 Å². The first kappa shape index (κ1) is 27.6. The molecule has 178 valence electrons. The molecule has 0 amide bonds. The molecule has 5 nitrogen and oxygen atoms in total. The molecular formula is C25H48O5. The van der Waals surface area contributed by atoms with Crippen LogP contribution in [0.2, 0.25) is 0 Å². The summed E-state index contributed by atoms with van der Waals surface area (Å²) in [5.41, 5.74) is 0. The van der Waals surface area contributed by atoms with Crippen LogP contribution in [0.1, 0.15) is 103 Å². The lowest BCUT2D eigenvalue weighted by molar-refractivity contribution is -0.101. The van der Waals surface area contributed by atoms with Crippen LogP contribution in [0, 0.1) is 0 Å². The number of ether oxygens (including phenoxy) is 2. The summed E-state index contributed by atoms with van der Waals surface area (Å²) in [4.78, 5) is 0. The predicted molar refractivity (Wildman–Crippen MR) is 123 cm³/mol.